The van der Waals surface area contributed by atoms with E-state index in [-0.39, 0.29) is 0 Å². The van der Waals surface area contributed by atoms with E-state index in [0.29, 0.717) is 6.04 Å². The number of aryl methyl sites for hydroxylation is 4. The number of hydrogen-bond acceptors (Lipinski definition) is 2. The molecule has 1 heterocycles. The quantitative estimate of drug-likeness (QED) is 0.875. The van der Waals surface area contributed by atoms with Crippen LogP contribution in [0.2, 0.25) is 0 Å². The van der Waals surface area contributed by atoms with Crippen molar-refractivity contribution in [3.8, 4) is 0 Å². The number of imidazole rings is 1. The molecule has 0 spiro atoms. The molecule has 0 aliphatic rings. The lowest BCUT2D eigenvalue weighted by atomic mass is 9.98. The number of benzene rings is 1. The maximum absolute atomic E-state index is 4.39. The summed E-state index contributed by atoms with van der Waals surface area (Å²) >= 11 is 0. The van der Waals surface area contributed by atoms with Gasteiger partial charge in [-0.25, -0.2) is 4.98 Å². The Kier molecular flexibility index (Phi) is 4.96. The Morgan fingerprint density at radius 3 is 2.45 bits per heavy atom. The molecule has 1 aromatic heterocycles. The van der Waals surface area contributed by atoms with Gasteiger partial charge in [0.25, 0.3) is 0 Å². The molecule has 1 N–H and O–H groups in total. The lowest BCUT2D eigenvalue weighted by Crippen LogP contribution is -2.28. The smallest absolute Gasteiger partial charge is 0.108 e. The van der Waals surface area contributed by atoms with Gasteiger partial charge in [0.1, 0.15) is 5.82 Å². The number of nitrogens with one attached hydrogen (secondary N) is 1. The minimum atomic E-state index is 0.493. The van der Waals surface area contributed by atoms with Crippen LogP contribution in [0.15, 0.2) is 30.6 Å². The minimum absolute atomic E-state index is 0.493. The van der Waals surface area contributed by atoms with E-state index in [1.54, 1.807) is 0 Å². The second kappa shape index (κ2) is 6.71. The van der Waals surface area contributed by atoms with Crippen molar-refractivity contribution in [3.05, 3.63) is 53.1 Å². The summed E-state index contributed by atoms with van der Waals surface area (Å²) in [5, 5.41) is 3.43. The van der Waals surface area contributed by atoms with Gasteiger partial charge in [0, 0.05) is 31.9 Å². The number of hydrogen-bond donors (Lipinski definition) is 1. The van der Waals surface area contributed by atoms with E-state index in [9.17, 15) is 0 Å². The van der Waals surface area contributed by atoms with E-state index >= 15 is 0 Å². The molecule has 0 amide bonds. The molecule has 1 unspecified atom stereocenters. The predicted octanol–water partition coefficient (Wildman–Crippen LogP) is 2.80. The SMILES string of the molecule is CNC(CCc1nccn1C)Cc1cc(C)cc(C)c1. The molecule has 0 aliphatic heterocycles. The molecule has 0 saturated carbocycles. The van der Waals surface area contributed by atoms with Crippen molar-refractivity contribution in [3.63, 3.8) is 0 Å². The van der Waals surface area contributed by atoms with Crippen molar-refractivity contribution in [1.29, 1.82) is 0 Å². The van der Waals surface area contributed by atoms with Crippen molar-refractivity contribution >= 4 is 0 Å². The van der Waals surface area contributed by atoms with Crippen molar-refractivity contribution in [1.82, 2.24) is 14.9 Å². The van der Waals surface area contributed by atoms with Crippen LogP contribution >= 0.6 is 0 Å². The van der Waals surface area contributed by atoms with Gasteiger partial charge < -0.3 is 9.88 Å². The second-order valence-electron chi connectivity index (χ2n) is 5.68. The van der Waals surface area contributed by atoms with Gasteiger partial charge in [0.2, 0.25) is 0 Å². The fraction of sp³-hybridized carbons (Fsp3) is 0.471. The first kappa shape index (κ1) is 14.8. The van der Waals surface area contributed by atoms with Crippen LogP contribution in [0.3, 0.4) is 0 Å². The highest BCUT2D eigenvalue weighted by Crippen LogP contribution is 2.13. The van der Waals surface area contributed by atoms with Gasteiger partial charge in [-0.2, -0.15) is 0 Å². The van der Waals surface area contributed by atoms with Crippen LogP contribution in [0.5, 0.6) is 0 Å². The van der Waals surface area contributed by atoms with Crippen molar-refractivity contribution in [2.24, 2.45) is 7.05 Å². The fourth-order valence-electron chi connectivity index (χ4n) is 2.76. The number of nitrogens with zero attached hydrogens (tertiary/aromatic N) is 2. The largest absolute Gasteiger partial charge is 0.338 e. The van der Waals surface area contributed by atoms with Crippen molar-refractivity contribution in [2.75, 3.05) is 7.05 Å². The van der Waals surface area contributed by atoms with Gasteiger partial charge in [0.15, 0.2) is 0 Å². The Labute approximate surface area is 122 Å². The number of likely N-dealkylation sites (N-methyl/N-ethyl adjacent to an activating group) is 1. The first-order valence-electron chi connectivity index (χ1n) is 7.29. The highest BCUT2D eigenvalue weighted by Gasteiger charge is 2.10. The molecule has 0 fully saturated rings. The monoisotopic (exact) mass is 271 g/mol. The lowest BCUT2D eigenvalue weighted by Gasteiger charge is -2.17. The molecular formula is C17H25N3. The summed E-state index contributed by atoms with van der Waals surface area (Å²) in [6, 6.07) is 7.30. The molecule has 1 aromatic carbocycles. The highest BCUT2D eigenvalue weighted by molar-refractivity contribution is 5.29. The molecule has 3 heteroatoms. The van der Waals surface area contributed by atoms with Crippen molar-refractivity contribution in [2.45, 2.75) is 39.2 Å². The normalized spacial score (nSPS) is 12.6. The zero-order valence-corrected chi connectivity index (χ0v) is 13.0. The molecule has 2 aromatic rings. The Morgan fingerprint density at radius 1 is 1.20 bits per heavy atom. The predicted molar refractivity (Wildman–Crippen MR) is 84.0 cm³/mol. The zero-order valence-electron chi connectivity index (χ0n) is 13.0. The molecule has 0 aliphatic carbocycles. The molecule has 20 heavy (non-hydrogen) atoms. The van der Waals surface area contributed by atoms with E-state index in [4.69, 9.17) is 0 Å². The molecular weight excluding hydrogens is 246 g/mol. The van der Waals surface area contributed by atoms with Gasteiger partial charge in [-0.15, -0.1) is 0 Å². The Hall–Kier alpha value is -1.61. The van der Waals surface area contributed by atoms with Crippen LogP contribution in [0.4, 0.5) is 0 Å². The standard InChI is InChI=1S/C17H25N3/c1-13-9-14(2)11-15(10-13)12-16(18-3)5-6-17-19-7-8-20(17)4/h7-11,16,18H,5-6,12H2,1-4H3. The third-order valence-corrected chi connectivity index (χ3v) is 3.81. The highest BCUT2D eigenvalue weighted by atomic mass is 15.0. The molecule has 108 valence electrons. The van der Waals surface area contributed by atoms with E-state index < -0.39 is 0 Å². The maximum Gasteiger partial charge on any atom is 0.108 e. The molecule has 2 rings (SSSR count). The van der Waals surface area contributed by atoms with Crippen LogP contribution in [0, 0.1) is 13.8 Å². The minimum Gasteiger partial charge on any atom is -0.338 e. The summed E-state index contributed by atoms with van der Waals surface area (Å²) < 4.78 is 2.10. The van der Waals surface area contributed by atoms with Crippen LogP contribution in [0.1, 0.15) is 28.9 Å². The summed E-state index contributed by atoms with van der Waals surface area (Å²) in [6.07, 6.45) is 7.07. The van der Waals surface area contributed by atoms with Crippen LogP contribution in [0.25, 0.3) is 0 Å². The summed E-state index contributed by atoms with van der Waals surface area (Å²) in [6.45, 7) is 4.33. The van der Waals surface area contributed by atoms with Crippen LogP contribution < -0.4 is 5.32 Å². The summed E-state index contributed by atoms with van der Waals surface area (Å²) in [5.41, 5.74) is 4.11. The van der Waals surface area contributed by atoms with E-state index in [2.05, 4.69) is 54.0 Å². The van der Waals surface area contributed by atoms with E-state index in [1.807, 2.05) is 19.4 Å². The second-order valence-corrected chi connectivity index (χ2v) is 5.68. The first-order valence-corrected chi connectivity index (χ1v) is 7.29. The summed E-state index contributed by atoms with van der Waals surface area (Å²) in [5.74, 6) is 1.16. The molecule has 1 atom stereocenters. The van der Waals surface area contributed by atoms with Gasteiger partial charge >= 0.3 is 0 Å². The first-order chi connectivity index (χ1) is 9.58. The third kappa shape index (κ3) is 3.94. The average Bonchev–Trinajstić information content (AvgIpc) is 2.79. The maximum atomic E-state index is 4.39. The Balaban J connectivity index is 1.96. The Morgan fingerprint density at radius 2 is 1.90 bits per heavy atom. The van der Waals surface area contributed by atoms with E-state index in [1.165, 1.54) is 16.7 Å². The molecule has 3 nitrogen and oxygen atoms in total. The van der Waals surface area contributed by atoms with Crippen LogP contribution in [-0.4, -0.2) is 22.6 Å². The summed E-state index contributed by atoms with van der Waals surface area (Å²) in [7, 11) is 4.10. The molecule has 0 saturated heterocycles. The fourth-order valence-corrected chi connectivity index (χ4v) is 2.76. The average molecular weight is 271 g/mol. The van der Waals surface area contributed by atoms with Crippen molar-refractivity contribution < 1.29 is 0 Å². The molecule has 0 radical (unpaired) electrons. The Bertz CT molecular complexity index is 537. The van der Waals surface area contributed by atoms with Gasteiger partial charge in [-0.1, -0.05) is 29.3 Å². The van der Waals surface area contributed by atoms with Gasteiger partial charge in [-0.3, -0.25) is 0 Å². The molecule has 0 bridgehead atoms. The van der Waals surface area contributed by atoms with Crippen LogP contribution in [-0.2, 0) is 19.9 Å². The zero-order chi connectivity index (χ0) is 14.5. The van der Waals surface area contributed by atoms with Gasteiger partial charge in [0.05, 0.1) is 0 Å². The third-order valence-electron chi connectivity index (χ3n) is 3.81. The van der Waals surface area contributed by atoms with Gasteiger partial charge in [-0.05, 0) is 39.3 Å². The topological polar surface area (TPSA) is 29.9 Å². The number of aromatic nitrogens is 2. The summed E-state index contributed by atoms with van der Waals surface area (Å²) in [4.78, 5) is 4.39. The van der Waals surface area contributed by atoms with E-state index in [0.717, 1.165) is 25.1 Å². The number of rotatable bonds is 6. The lowest BCUT2D eigenvalue weighted by molar-refractivity contribution is 0.510.